The van der Waals surface area contributed by atoms with Crippen LogP contribution in [0.25, 0.3) is 0 Å². The number of para-hydroxylation sites is 9. The van der Waals surface area contributed by atoms with Crippen molar-refractivity contribution in [2.24, 2.45) is 0 Å². The summed E-state index contributed by atoms with van der Waals surface area (Å²) in [6, 6.07) is 110. The number of hydrogen-bond donors (Lipinski definition) is 0. The van der Waals surface area contributed by atoms with Crippen LogP contribution in [0.3, 0.4) is 0 Å². The maximum absolute atomic E-state index is 7.76. The van der Waals surface area contributed by atoms with Gasteiger partial charge in [0.25, 0.3) is 20.1 Å². The zero-order chi connectivity index (χ0) is 57.6. The van der Waals surface area contributed by atoms with Gasteiger partial charge in [0.2, 0.25) is 0 Å². The molecule has 6 aliphatic heterocycles. The van der Waals surface area contributed by atoms with Crippen LogP contribution in [0, 0.1) is 0 Å². The number of ether oxygens (including phenoxy) is 2. The van der Waals surface area contributed by atoms with E-state index in [-0.39, 0.29) is 20.1 Å². The highest BCUT2D eigenvalue weighted by molar-refractivity contribution is 7.04. The van der Waals surface area contributed by atoms with Crippen LogP contribution in [0.4, 0.5) is 85.3 Å². The van der Waals surface area contributed by atoms with E-state index >= 15 is 0 Å². The third-order valence-corrected chi connectivity index (χ3v) is 18.8. The molecule has 0 atom stereocenters. The molecule has 408 valence electrons. The minimum Gasteiger partial charge on any atom is -0.459 e. The number of anilines is 15. The quantitative estimate of drug-likeness (QED) is 0.147. The molecule has 0 saturated carbocycles. The highest BCUT2D eigenvalue weighted by atomic mass is 16.5. The van der Waals surface area contributed by atoms with Crippen LogP contribution in [0.1, 0.15) is 0 Å². The SMILES string of the molecule is c1ccc(N(c2ccccc2)c2cc3c4c(c2)N(c2ccccc2)c2ccccc2B4c2cc4c(cc2O3)N(c2ccccc2)c2cc3c(c5c2B4c2ccccc2O5)B2c4ccccc4N(c4ccccc4)c4cccc(c42)N3c2ccccc2)cc1. The maximum Gasteiger partial charge on any atom is 0.256 e. The van der Waals surface area contributed by atoms with Crippen LogP contribution in [0.5, 0.6) is 23.0 Å². The van der Waals surface area contributed by atoms with Gasteiger partial charge in [-0.15, -0.1) is 0 Å². The van der Waals surface area contributed by atoms with Crippen molar-refractivity contribution >= 4 is 155 Å². The standard InChI is InChI=1S/C78H50B3N5O2/c1-7-26-51(27-8-1)82(52-28-9-2-10-29-52)57-46-68-75-73(47-57)87-72-50-67-61(48-62(72)79(75)58-38-19-22-41-63(58)84(68)54-32-13-4-14-33-54)80-60-40-21-24-45-71(60)88-78-76(80)69(86(67)56-36-17-6-18-37-56)49-70-77(78)81-59-39-20-23-42-64(59)83(53-30-11-3-12-31-53)65-43-25-44-66(74(65)81)85(70)55-34-15-5-16-35-55/h1-50H. The molecular formula is C78H50B3N5O2. The summed E-state index contributed by atoms with van der Waals surface area (Å²) in [6.07, 6.45) is 0. The molecule has 88 heavy (non-hydrogen) atoms. The molecule has 6 heterocycles. The largest absolute Gasteiger partial charge is 0.459 e. The van der Waals surface area contributed by atoms with Gasteiger partial charge >= 0.3 is 0 Å². The lowest BCUT2D eigenvalue weighted by Crippen LogP contribution is -2.66. The summed E-state index contributed by atoms with van der Waals surface area (Å²) < 4.78 is 15.5. The van der Waals surface area contributed by atoms with Crippen molar-refractivity contribution in [1.82, 2.24) is 0 Å². The minimum atomic E-state index is -0.227. The monoisotopic (exact) mass is 1120 g/mol. The Morgan fingerprint density at radius 1 is 0.227 bits per heavy atom. The fraction of sp³-hybridized carbons (Fsp3) is 0. The van der Waals surface area contributed by atoms with Crippen molar-refractivity contribution < 1.29 is 9.47 Å². The second-order valence-corrected chi connectivity index (χ2v) is 23.5. The number of hydrogen-bond acceptors (Lipinski definition) is 7. The van der Waals surface area contributed by atoms with Crippen LogP contribution in [-0.2, 0) is 0 Å². The first-order valence-corrected chi connectivity index (χ1v) is 30.3. The predicted octanol–water partition coefficient (Wildman–Crippen LogP) is 14.0. The Bertz CT molecular complexity index is 4950. The van der Waals surface area contributed by atoms with E-state index in [1.54, 1.807) is 0 Å². The summed E-state index contributed by atoms with van der Waals surface area (Å²) in [7, 11) is 0. The molecule has 0 aliphatic carbocycles. The van der Waals surface area contributed by atoms with Crippen molar-refractivity contribution in [2.45, 2.75) is 0 Å². The molecule has 0 radical (unpaired) electrons. The first-order valence-electron chi connectivity index (χ1n) is 30.3. The Labute approximate surface area is 512 Å². The minimum absolute atomic E-state index is 0.183. The molecule has 0 N–H and O–H groups in total. The van der Waals surface area contributed by atoms with Crippen molar-refractivity contribution in [3.05, 3.63) is 303 Å². The smallest absolute Gasteiger partial charge is 0.256 e. The fourth-order valence-corrected chi connectivity index (χ4v) is 15.4. The summed E-state index contributed by atoms with van der Waals surface area (Å²) in [4.78, 5) is 12.2. The highest BCUT2D eigenvalue weighted by Gasteiger charge is 2.52. The summed E-state index contributed by atoms with van der Waals surface area (Å²) in [5, 5.41) is 0. The van der Waals surface area contributed by atoms with Gasteiger partial charge in [-0.25, -0.2) is 0 Å². The summed E-state index contributed by atoms with van der Waals surface area (Å²) in [5.41, 5.74) is 26.8. The normalized spacial score (nSPS) is 13.7. The Morgan fingerprint density at radius 3 is 1.22 bits per heavy atom. The molecule has 0 fully saturated rings. The number of benzene rings is 13. The molecule has 0 saturated heterocycles. The van der Waals surface area contributed by atoms with Gasteiger partial charge in [-0.3, -0.25) is 0 Å². The number of fused-ring (bicyclic) bond motifs is 13. The molecule has 7 nitrogen and oxygen atoms in total. The summed E-state index contributed by atoms with van der Waals surface area (Å²) in [5.74, 6) is 3.40. The molecule has 13 aromatic carbocycles. The third-order valence-electron chi connectivity index (χ3n) is 18.8. The van der Waals surface area contributed by atoms with Crippen LogP contribution in [0.2, 0.25) is 0 Å². The Balaban J connectivity index is 0.891. The first kappa shape index (κ1) is 49.0. The van der Waals surface area contributed by atoms with E-state index in [9.17, 15) is 0 Å². The van der Waals surface area contributed by atoms with E-state index in [2.05, 4.69) is 328 Å². The van der Waals surface area contributed by atoms with E-state index < -0.39 is 0 Å². The molecule has 0 aromatic heterocycles. The zero-order valence-electron chi connectivity index (χ0n) is 47.7. The van der Waals surface area contributed by atoms with Gasteiger partial charge in [0.1, 0.15) is 23.0 Å². The van der Waals surface area contributed by atoms with Crippen molar-refractivity contribution in [2.75, 3.05) is 24.5 Å². The topological polar surface area (TPSA) is 34.7 Å². The molecule has 0 spiro atoms. The van der Waals surface area contributed by atoms with E-state index in [0.717, 1.165) is 136 Å². The van der Waals surface area contributed by atoms with Crippen LogP contribution < -0.4 is 83.1 Å². The number of nitrogens with zero attached hydrogens (tertiary/aromatic N) is 5. The fourth-order valence-electron chi connectivity index (χ4n) is 15.4. The second-order valence-electron chi connectivity index (χ2n) is 23.5. The number of rotatable bonds is 7. The van der Waals surface area contributed by atoms with Gasteiger partial charge in [-0.2, -0.15) is 0 Å². The van der Waals surface area contributed by atoms with E-state index in [1.165, 1.54) is 21.9 Å². The molecule has 10 heteroatoms. The molecular weight excluding hydrogens is 1070 g/mol. The highest BCUT2D eigenvalue weighted by Crippen LogP contribution is 2.51. The van der Waals surface area contributed by atoms with Crippen LogP contribution in [0.15, 0.2) is 303 Å². The second kappa shape index (κ2) is 19.1. The van der Waals surface area contributed by atoms with Crippen molar-refractivity contribution in [3.63, 3.8) is 0 Å². The summed E-state index contributed by atoms with van der Waals surface area (Å²) >= 11 is 0. The molecule has 0 amide bonds. The Kier molecular flexibility index (Phi) is 10.6. The van der Waals surface area contributed by atoms with Gasteiger partial charge < -0.3 is 34.0 Å². The van der Waals surface area contributed by atoms with E-state index in [0.29, 0.717) is 0 Å². The lowest BCUT2D eigenvalue weighted by molar-refractivity contribution is 0.488. The predicted molar refractivity (Wildman–Crippen MR) is 367 cm³/mol. The molecule has 0 unspecified atom stereocenters. The average Bonchev–Trinajstić information content (AvgIpc) is 0.707. The lowest BCUT2D eigenvalue weighted by atomic mass is 9.29. The van der Waals surface area contributed by atoms with E-state index in [1.807, 2.05) is 0 Å². The molecule has 19 rings (SSSR count). The van der Waals surface area contributed by atoms with Gasteiger partial charge in [0.05, 0.1) is 5.69 Å². The van der Waals surface area contributed by atoms with E-state index in [4.69, 9.17) is 9.47 Å². The molecule has 13 aromatic rings. The van der Waals surface area contributed by atoms with Gasteiger partial charge in [0.15, 0.2) is 0 Å². The van der Waals surface area contributed by atoms with Crippen molar-refractivity contribution in [1.29, 1.82) is 0 Å². The molecule has 0 bridgehead atoms. The lowest BCUT2D eigenvalue weighted by Gasteiger charge is -2.47. The third kappa shape index (κ3) is 7.05. The van der Waals surface area contributed by atoms with Gasteiger partial charge in [-0.1, -0.05) is 176 Å². The maximum atomic E-state index is 7.76. The zero-order valence-corrected chi connectivity index (χ0v) is 47.7. The Morgan fingerprint density at radius 2 is 0.648 bits per heavy atom. The summed E-state index contributed by atoms with van der Waals surface area (Å²) in [6.45, 7) is -0.593. The first-order chi connectivity index (χ1) is 43.7. The average molecular weight is 1120 g/mol. The van der Waals surface area contributed by atoms with Crippen LogP contribution >= 0.6 is 0 Å². The molecule has 6 aliphatic rings. The van der Waals surface area contributed by atoms with Crippen LogP contribution in [-0.4, -0.2) is 20.1 Å². The van der Waals surface area contributed by atoms with Gasteiger partial charge in [0, 0.05) is 91.8 Å². The van der Waals surface area contributed by atoms with Gasteiger partial charge in [-0.05, 0) is 164 Å². The Hall–Kier alpha value is -11.3. The van der Waals surface area contributed by atoms with Crippen molar-refractivity contribution in [3.8, 4) is 23.0 Å².